The van der Waals surface area contributed by atoms with E-state index in [1.54, 1.807) is 18.3 Å². The first-order valence-electron chi connectivity index (χ1n) is 7.62. The molecule has 1 heterocycles. The largest absolute Gasteiger partial charge is 0.354 e. The average molecular weight is 348 g/mol. The molecule has 0 bridgehead atoms. The summed E-state index contributed by atoms with van der Waals surface area (Å²) in [7, 11) is -0.626. The Morgan fingerprint density at radius 1 is 0.958 bits per heavy atom. The van der Waals surface area contributed by atoms with E-state index in [4.69, 9.17) is 0 Å². The summed E-state index contributed by atoms with van der Waals surface area (Å²) in [6, 6.07) is 11.6. The molecule has 24 heavy (non-hydrogen) atoms. The molecule has 0 spiro atoms. The lowest BCUT2D eigenvalue weighted by atomic mass is 9.87. The number of nitrogens with one attached hydrogen (secondary N) is 2. The summed E-state index contributed by atoms with van der Waals surface area (Å²) in [5, 5.41) is 3.25. The molecule has 2 aromatic rings. The molecule has 0 aliphatic rings. The van der Waals surface area contributed by atoms with Gasteiger partial charge in [0.1, 0.15) is 5.82 Å². The molecule has 7 heteroatoms. The topological polar surface area (TPSA) is 74.3 Å². The molecule has 2 rings (SSSR count). The van der Waals surface area contributed by atoms with Gasteiger partial charge in [-0.2, -0.15) is 12.7 Å². The highest BCUT2D eigenvalue weighted by Crippen LogP contribution is 2.25. The Morgan fingerprint density at radius 2 is 1.54 bits per heavy atom. The molecule has 0 fully saturated rings. The van der Waals surface area contributed by atoms with Gasteiger partial charge in [0.05, 0.1) is 11.9 Å². The summed E-state index contributed by atoms with van der Waals surface area (Å²) < 4.78 is 27.0. The molecule has 0 amide bonds. The number of hydrogen-bond donors (Lipinski definition) is 2. The van der Waals surface area contributed by atoms with Gasteiger partial charge in [0.15, 0.2) is 0 Å². The summed E-state index contributed by atoms with van der Waals surface area (Å²) in [5.41, 5.74) is 3.11. The van der Waals surface area contributed by atoms with Gasteiger partial charge in [-0.25, -0.2) is 4.98 Å². The maximum absolute atomic E-state index is 11.7. The molecule has 0 radical (unpaired) electrons. The summed E-state index contributed by atoms with van der Waals surface area (Å²) in [4.78, 5) is 4.12. The highest BCUT2D eigenvalue weighted by atomic mass is 32.2. The standard InChI is InChI=1S/C17H24N4O2S/c1-17(2,3)13-6-8-14(9-7-13)19-15-10-11-16(18-12-15)20-24(22,23)21(4)5/h6-12,19H,1-5H3,(H,18,20). The lowest BCUT2D eigenvalue weighted by molar-refractivity contribution is 0.526. The lowest BCUT2D eigenvalue weighted by Gasteiger charge is -2.19. The number of benzene rings is 1. The fourth-order valence-electron chi connectivity index (χ4n) is 1.97. The smallest absolute Gasteiger partial charge is 0.302 e. The van der Waals surface area contributed by atoms with Crippen molar-refractivity contribution < 1.29 is 8.42 Å². The third kappa shape index (κ3) is 4.69. The number of hydrogen-bond acceptors (Lipinski definition) is 4. The Labute approximate surface area is 144 Å². The van der Waals surface area contributed by atoms with Crippen molar-refractivity contribution in [3.05, 3.63) is 48.2 Å². The van der Waals surface area contributed by atoms with Crippen molar-refractivity contribution in [3.8, 4) is 0 Å². The Kier molecular flexibility index (Phi) is 5.15. The molecule has 2 N–H and O–H groups in total. The van der Waals surface area contributed by atoms with E-state index < -0.39 is 10.2 Å². The van der Waals surface area contributed by atoms with Gasteiger partial charge in [-0.15, -0.1) is 0 Å². The summed E-state index contributed by atoms with van der Waals surface area (Å²) in [5.74, 6) is 0.275. The second-order valence-electron chi connectivity index (χ2n) is 6.77. The van der Waals surface area contributed by atoms with E-state index in [0.717, 1.165) is 15.7 Å². The molecule has 0 saturated carbocycles. The minimum Gasteiger partial charge on any atom is -0.354 e. The molecule has 0 saturated heterocycles. The van der Waals surface area contributed by atoms with Crippen molar-refractivity contribution in [2.45, 2.75) is 26.2 Å². The Morgan fingerprint density at radius 3 is 2.00 bits per heavy atom. The van der Waals surface area contributed by atoms with Crippen LogP contribution in [0.4, 0.5) is 17.2 Å². The van der Waals surface area contributed by atoms with Crippen molar-refractivity contribution in [2.75, 3.05) is 24.1 Å². The van der Waals surface area contributed by atoms with Gasteiger partial charge < -0.3 is 5.32 Å². The minimum absolute atomic E-state index is 0.116. The quantitative estimate of drug-likeness (QED) is 0.869. The molecule has 0 atom stereocenters. The van der Waals surface area contributed by atoms with Crippen LogP contribution in [0.25, 0.3) is 0 Å². The van der Waals surface area contributed by atoms with Gasteiger partial charge in [0.25, 0.3) is 0 Å². The first kappa shape index (κ1) is 18.2. The second-order valence-corrected chi connectivity index (χ2v) is 8.66. The van der Waals surface area contributed by atoms with Crippen molar-refractivity contribution in [3.63, 3.8) is 0 Å². The van der Waals surface area contributed by atoms with Crippen LogP contribution in [0.5, 0.6) is 0 Å². The van der Waals surface area contributed by atoms with Crippen LogP contribution in [0.15, 0.2) is 42.6 Å². The first-order chi connectivity index (χ1) is 11.1. The average Bonchev–Trinajstić information content (AvgIpc) is 2.48. The number of aromatic nitrogens is 1. The molecule has 1 aromatic carbocycles. The van der Waals surface area contributed by atoms with E-state index in [1.165, 1.54) is 19.7 Å². The maximum Gasteiger partial charge on any atom is 0.302 e. The zero-order chi connectivity index (χ0) is 18.0. The number of rotatable bonds is 5. The number of anilines is 3. The summed E-state index contributed by atoms with van der Waals surface area (Å²) >= 11 is 0. The van der Waals surface area contributed by atoms with E-state index in [1.807, 2.05) is 12.1 Å². The van der Waals surface area contributed by atoms with E-state index in [2.05, 4.69) is 47.9 Å². The van der Waals surface area contributed by atoms with E-state index >= 15 is 0 Å². The van der Waals surface area contributed by atoms with Gasteiger partial charge in [-0.3, -0.25) is 4.72 Å². The Hall–Kier alpha value is -2.12. The zero-order valence-corrected chi connectivity index (χ0v) is 15.5. The van der Waals surface area contributed by atoms with Crippen molar-refractivity contribution in [1.29, 1.82) is 0 Å². The van der Waals surface area contributed by atoms with Crippen molar-refractivity contribution >= 4 is 27.4 Å². The summed E-state index contributed by atoms with van der Waals surface area (Å²) in [6.07, 6.45) is 1.59. The van der Waals surface area contributed by atoms with E-state index in [-0.39, 0.29) is 11.2 Å². The molecular formula is C17H24N4O2S. The lowest BCUT2D eigenvalue weighted by Crippen LogP contribution is -2.29. The third-order valence-electron chi connectivity index (χ3n) is 3.52. The molecule has 0 aliphatic heterocycles. The fourth-order valence-corrected chi connectivity index (χ4v) is 2.54. The highest BCUT2D eigenvalue weighted by Gasteiger charge is 2.14. The Balaban J connectivity index is 2.07. The van der Waals surface area contributed by atoms with Crippen molar-refractivity contribution in [2.24, 2.45) is 0 Å². The van der Waals surface area contributed by atoms with Crippen molar-refractivity contribution in [1.82, 2.24) is 9.29 Å². The first-order valence-corrected chi connectivity index (χ1v) is 9.06. The predicted octanol–water partition coefficient (Wildman–Crippen LogP) is 3.34. The maximum atomic E-state index is 11.7. The Bertz CT molecular complexity index is 777. The van der Waals surface area contributed by atoms with Crippen LogP contribution in [0, 0.1) is 0 Å². The van der Waals surface area contributed by atoms with Crippen LogP contribution in [0.1, 0.15) is 26.3 Å². The van der Waals surface area contributed by atoms with Gasteiger partial charge >= 0.3 is 10.2 Å². The van der Waals surface area contributed by atoms with Gasteiger partial charge in [-0.05, 0) is 35.2 Å². The fraction of sp³-hybridized carbons (Fsp3) is 0.353. The molecular weight excluding hydrogens is 324 g/mol. The highest BCUT2D eigenvalue weighted by molar-refractivity contribution is 7.90. The van der Waals surface area contributed by atoms with Crippen LogP contribution in [-0.4, -0.2) is 31.8 Å². The van der Waals surface area contributed by atoms with Gasteiger partial charge in [0, 0.05) is 19.8 Å². The number of nitrogens with zero attached hydrogens (tertiary/aromatic N) is 2. The van der Waals surface area contributed by atoms with Crippen LogP contribution >= 0.6 is 0 Å². The normalized spacial score (nSPS) is 12.2. The van der Waals surface area contributed by atoms with Gasteiger partial charge in [0.2, 0.25) is 0 Å². The second kappa shape index (κ2) is 6.78. The third-order valence-corrected chi connectivity index (χ3v) is 4.95. The predicted molar refractivity (Wildman–Crippen MR) is 98.9 cm³/mol. The van der Waals surface area contributed by atoms with Crippen LogP contribution < -0.4 is 10.0 Å². The SMILES string of the molecule is CN(C)S(=O)(=O)Nc1ccc(Nc2ccc(C(C)(C)C)cc2)cn1. The van der Waals surface area contributed by atoms with Crippen LogP contribution in [0.3, 0.4) is 0 Å². The molecule has 1 aromatic heterocycles. The molecule has 130 valence electrons. The van der Waals surface area contributed by atoms with Gasteiger partial charge in [-0.1, -0.05) is 32.9 Å². The van der Waals surface area contributed by atoms with E-state index in [0.29, 0.717) is 0 Å². The summed E-state index contributed by atoms with van der Waals surface area (Å²) in [6.45, 7) is 6.52. The minimum atomic E-state index is -3.54. The molecule has 0 aliphatic carbocycles. The molecule has 6 nitrogen and oxygen atoms in total. The van der Waals surface area contributed by atoms with Crippen LogP contribution in [0.2, 0.25) is 0 Å². The molecule has 0 unspecified atom stereocenters. The van der Waals surface area contributed by atoms with E-state index in [9.17, 15) is 8.42 Å². The van der Waals surface area contributed by atoms with Crippen LogP contribution in [-0.2, 0) is 15.6 Å². The number of pyridine rings is 1. The zero-order valence-electron chi connectivity index (χ0n) is 14.7. The monoisotopic (exact) mass is 348 g/mol.